The Morgan fingerprint density at radius 1 is 2.00 bits per heavy atom. The number of thiocarbonyl (C=S) groups is 1. The summed E-state index contributed by atoms with van der Waals surface area (Å²) in [6, 6.07) is 0. The van der Waals surface area contributed by atoms with Gasteiger partial charge >= 0.3 is 0 Å². The molecule has 0 aromatic rings. The first-order valence-corrected chi connectivity index (χ1v) is 1.40. The van der Waals surface area contributed by atoms with Crippen molar-refractivity contribution in [2.45, 2.75) is 6.92 Å². The van der Waals surface area contributed by atoms with Crippen molar-refractivity contribution >= 4 is 17.2 Å². The molecule has 0 bridgehead atoms. The van der Waals surface area contributed by atoms with E-state index in [9.17, 15) is 0 Å². The van der Waals surface area contributed by atoms with E-state index in [1.807, 2.05) is 0 Å². The van der Waals surface area contributed by atoms with Gasteiger partial charge in [0.15, 0.2) is 0 Å². The Hall–Kier alpha value is -0.110. The van der Waals surface area contributed by atoms with Crippen LogP contribution in [0.15, 0.2) is 0 Å². The summed E-state index contributed by atoms with van der Waals surface area (Å²) in [5.41, 5.74) is 4.84. The molecule has 0 heterocycles. The fourth-order valence-electron chi connectivity index (χ4n) is 0. The predicted molar refractivity (Wildman–Crippen MR) is 22.5 cm³/mol. The van der Waals surface area contributed by atoms with E-state index in [-0.39, 0.29) is 0 Å². The largest absolute Gasteiger partial charge is 0.394 e. The molecule has 2 heteroatoms. The Morgan fingerprint density at radius 3 is 2.00 bits per heavy atom. The van der Waals surface area contributed by atoms with Gasteiger partial charge < -0.3 is 5.73 Å². The van der Waals surface area contributed by atoms with Crippen LogP contribution in [0.25, 0.3) is 0 Å². The highest BCUT2D eigenvalue weighted by Crippen LogP contribution is 1.48. The van der Waals surface area contributed by atoms with Gasteiger partial charge in [-0.1, -0.05) is 12.2 Å². The third kappa shape index (κ3) is 124. The summed E-state index contributed by atoms with van der Waals surface area (Å²) in [4.78, 5) is 0.500. The molecule has 0 fully saturated rings. The molecule has 0 atom stereocenters. The van der Waals surface area contributed by atoms with Crippen LogP contribution >= 0.6 is 12.2 Å². The van der Waals surface area contributed by atoms with Gasteiger partial charge in [-0.05, 0) is 6.92 Å². The number of rotatable bonds is 0. The predicted octanol–water partition coefficient (Wildman–Crippen LogP) is 0.292. The molecular formula is C2H5NS. The highest BCUT2D eigenvalue weighted by molar-refractivity contribution is 7.80. The van der Waals surface area contributed by atoms with Gasteiger partial charge in [-0.25, -0.2) is 0 Å². The molecule has 0 saturated carbocycles. The topological polar surface area (TPSA) is 26.0 Å². The van der Waals surface area contributed by atoms with Gasteiger partial charge in [0, 0.05) is 0 Å². The van der Waals surface area contributed by atoms with Crippen molar-refractivity contribution in [2.75, 3.05) is 0 Å². The van der Waals surface area contributed by atoms with Gasteiger partial charge in [0.25, 0.3) is 0 Å². The van der Waals surface area contributed by atoms with E-state index < -0.39 is 0 Å². The average molecular weight is 77.1 g/mol. The lowest BCUT2D eigenvalue weighted by Crippen LogP contribution is -1.98. The molecule has 0 amide bonds. The Balaban J connectivity index is 2.80. The fourth-order valence-corrected chi connectivity index (χ4v) is 0. The van der Waals surface area contributed by atoms with Crippen LogP contribution in [0.2, 0.25) is 0 Å². The molecule has 1 nitrogen and oxygen atoms in total. The monoisotopic (exact) mass is 77.0 g/mol. The van der Waals surface area contributed by atoms with Crippen molar-refractivity contribution in [3.05, 3.63) is 0 Å². The molecule has 0 unspecified atom stereocenters. The Labute approximate surface area is 30.8 Å². The average Bonchev–Trinajstić information content (AvgIpc) is 0.811. The zero-order valence-corrected chi connectivity index (χ0v) is 3.30. The molecule has 2 N–H and O–H groups in total. The summed E-state index contributed by atoms with van der Waals surface area (Å²) in [6.45, 7) is 1.68. The summed E-state index contributed by atoms with van der Waals surface area (Å²) in [6.07, 6.45) is 0. The normalized spacial score (nSPS) is 6.25. The van der Waals surface area contributed by atoms with Gasteiger partial charge in [-0.2, -0.15) is 0 Å². The van der Waals surface area contributed by atoms with Gasteiger partial charge in [-0.3, -0.25) is 0 Å². The van der Waals surface area contributed by atoms with Crippen LogP contribution in [0.4, 0.5) is 0 Å². The van der Waals surface area contributed by atoms with Gasteiger partial charge in [0.05, 0.1) is 4.99 Å². The Bertz CT molecular complexity index is 29.0. The van der Waals surface area contributed by atoms with Crippen LogP contribution < -0.4 is 5.73 Å². The summed E-state index contributed by atoms with van der Waals surface area (Å²) >= 11 is 4.31. The van der Waals surface area contributed by atoms with Gasteiger partial charge in [0.1, 0.15) is 0 Å². The van der Waals surface area contributed by atoms with Crippen LogP contribution in [0.1, 0.15) is 6.92 Å². The third-order valence-electron chi connectivity index (χ3n) is 0. The number of hydrogen-bond acceptors (Lipinski definition) is 1. The molecule has 0 spiro atoms. The van der Waals surface area contributed by atoms with E-state index in [0.29, 0.717) is 4.99 Å². The maximum atomic E-state index is 4.84. The first kappa shape index (κ1) is 3.89. The minimum absolute atomic E-state index is 0.500. The van der Waals surface area contributed by atoms with Crippen LogP contribution in [0.3, 0.4) is 0 Å². The third-order valence-corrected chi connectivity index (χ3v) is 0. The van der Waals surface area contributed by atoms with Gasteiger partial charge in [-0.15, -0.1) is 0 Å². The second kappa shape index (κ2) is 1.24. The van der Waals surface area contributed by atoms with E-state index in [4.69, 9.17) is 5.73 Å². The van der Waals surface area contributed by atoms with Crippen molar-refractivity contribution < 1.29 is 0 Å². The van der Waals surface area contributed by atoms with Crippen molar-refractivity contribution in [1.82, 2.24) is 0 Å². The zero-order chi connectivity index (χ0) is 3.58. The minimum Gasteiger partial charge on any atom is -0.394 e. The minimum atomic E-state index is 0.500. The highest BCUT2D eigenvalue weighted by Gasteiger charge is 1.54. The van der Waals surface area contributed by atoms with Crippen LogP contribution in [0, 0.1) is 0 Å². The molecule has 0 aliphatic rings. The lowest BCUT2D eigenvalue weighted by Gasteiger charge is -1.65. The lowest BCUT2D eigenvalue weighted by molar-refractivity contribution is 1.73. The van der Waals surface area contributed by atoms with E-state index >= 15 is 0 Å². The zero-order valence-electron chi connectivity index (χ0n) is 2.49. The molecule has 0 radical (unpaired) electrons. The fraction of sp³-hybridized carbons (Fsp3) is 0.500. The Morgan fingerprint density at radius 2 is 2.00 bits per heavy atom. The summed E-state index contributed by atoms with van der Waals surface area (Å²) in [5, 5.41) is 0. The molecule has 0 aromatic carbocycles. The summed E-state index contributed by atoms with van der Waals surface area (Å²) in [7, 11) is 0. The highest BCUT2D eigenvalue weighted by atomic mass is 32.1. The molecule has 24 valence electrons. The maximum absolute atomic E-state index is 4.84. The smallest absolute Gasteiger partial charge is 0.0695 e. The summed E-state index contributed by atoms with van der Waals surface area (Å²) < 4.78 is 0. The second-order valence-electron chi connectivity index (χ2n) is 0.611. The molecule has 0 aliphatic heterocycles. The number of nitrogens with two attached hydrogens (primary N) is 1. The van der Waals surface area contributed by atoms with Crippen molar-refractivity contribution in [3.63, 3.8) is 0 Å². The van der Waals surface area contributed by atoms with Crippen molar-refractivity contribution in [3.8, 4) is 0 Å². The molecule has 0 saturated heterocycles. The Kier molecular flexibility index (Phi) is 1.20. The van der Waals surface area contributed by atoms with E-state index in [2.05, 4.69) is 12.2 Å². The SMILES string of the molecule is C[14C](N)=S. The van der Waals surface area contributed by atoms with Crippen molar-refractivity contribution in [2.24, 2.45) is 5.73 Å². The number of hydrogen-bond donors (Lipinski definition) is 1. The first-order valence-electron chi connectivity index (χ1n) is 0.993. The second-order valence-corrected chi connectivity index (χ2v) is 1.25. The summed E-state index contributed by atoms with van der Waals surface area (Å²) in [5.74, 6) is 0. The molecule has 0 aromatic heterocycles. The molecule has 0 rings (SSSR count). The molecular weight excluding hydrogens is 72.1 g/mol. The van der Waals surface area contributed by atoms with E-state index in [0.717, 1.165) is 0 Å². The van der Waals surface area contributed by atoms with Crippen molar-refractivity contribution in [1.29, 1.82) is 0 Å². The quantitative estimate of drug-likeness (QED) is 0.420. The molecule has 0 aliphatic carbocycles. The van der Waals surface area contributed by atoms with Gasteiger partial charge in [0.2, 0.25) is 0 Å². The first-order chi connectivity index (χ1) is 1.73. The molecule has 4 heavy (non-hydrogen) atoms. The van der Waals surface area contributed by atoms with Crippen LogP contribution in [-0.4, -0.2) is 4.99 Å². The lowest BCUT2D eigenvalue weighted by atomic mass is 11.5. The van der Waals surface area contributed by atoms with Crippen LogP contribution in [-0.2, 0) is 0 Å². The van der Waals surface area contributed by atoms with E-state index in [1.165, 1.54) is 0 Å². The standard InChI is InChI=1S/C2H5NS/c1-2(3)4/h1H3,(H2,3,4)/i2+2. The maximum Gasteiger partial charge on any atom is 0.0695 e. The van der Waals surface area contributed by atoms with E-state index in [1.54, 1.807) is 6.92 Å². The van der Waals surface area contributed by atoms with Crippen LogP contribution in [0.5, 0.6) is 0 Å².